The number of halogens is 1. The maximum atomic E-state index is 12.5. The third kappa shape index (κ3) is 6.42. The van der Waals surface area contributed by atoms with Gasteiger partial charge >= 0.3 is 5.97 Å². The van der Waals surface area contributed by atoms with Crippen molar-refractivity contribution in [3.63, 3.8) is 0 Å². The van der Waals surface area contributed by atoms with Crippen LogP contribution in [0.1, 0.15) is 21.5 Å². The van der Waals surface area contributed by atoms with Gasteiger partial charge in [-0.05, 0) is 53.9 Å². The van der Waals surface area contributed by atoms with Gasteiger partial charge in [-0.2, -0.15) is 0 Å². The van der Waals surface area contributed by atoms with Gasteiger partial charge in [0.15, 0.2) is 18.1 Å². The first-order valence-electron chi connectivity index (χ1n) is 10.9. The summed E-state index contributed by atoms with van der Waals surface area (Å²) in [6.45, 7) is 1.35. The van der Waals surface area contributed by atoms with E-state index >= 15 is 0 Å². The monoisotopic (exact) mass is 481 g/mol. The van der Waals surface area contributed by atoms with E-state index in [0.29, 0.717) is 42.7 Å². The Bertz CT molecular complexity index is 1150. The Labute approximate surface area is 202 Å². The maximum Gasteiger partial charge on any atom is 0.342 e. The number of ether oxygens (including phenoxy) is 4. The molecule has 8 heteroatoms. The molecule has 0 radical (unpaired) electrons. The fourth-order valence-corrected chi connectivity index (χ4v) is 3.48. The molecule has 176 valence electrons. The number of hydrogen-bond acceptors (Lipinski definition) is 6. The minimum absolute atomic E-state index is 0.251. The molecule has 0 unspecified atom stereocenters. The van der Waals surface area contributed by atoms with Crippen molar-refractivity contribution in [2.75, 3.05) is 26.4 Å². The lowest BCUT2D eigenvalue weighted by molar-refractivity contribution is -0.124. The molecule has 3 aromatic carbocycles. The topological polar surface area (TPSA) is 83.1 Å². The first-order valence-corrected chi connectivity index (χ1v) is 11.2. The highest BCUT2D eigenvalue weighted by atomic mass is 35.5. The molecule has 0 saturated carbocycles. The van der Waals surface area contributed by atoms with E-state index in [4.69, 9.17) is 30.5 Å². The van der Waals surface area contributed by atoms with Gasteiger partial charge in [-0.3, -0.25) is 4.79 Å². The smallest absolute Gasteiger partial charge is 0.342 e. The molecule has 4 rings (SSSR count). The molecule has 0 saturated heterocycles. The molecule has 0 fully saturated rings. The lowest BCUT2D eigenvalue weighted by Gasteiger charge is -2.18. The molecule has 1 N–H and O–H groups in total. The highest BCUT2D eigenvalue weighted by molar-refractivity contribution is 6.30. The van der Waals surface area contributed by atoms with Crippen LogP contribution < -0.4 is 19.5 Å². The molecule has 0 aromatic heterocycles. The van der Waals surface area contributed by atoms with Crippen molar-refractivity contribution in [1.82, 2.24) is 5.32 Å². The average molecular weight is 482 g/mol. The van der Waals surface area contributed by atoms with Crippen LogP contribution in [0.25, 0.3) is 0 Å². The summed E-state index contributed by atoms with van der Waals surface area (Å²) in [6.07, 6.45) is 0.609. The lowest BCUT2D eigenvalue weighted by atomic mass is 10.1. The number of nitrogens with one attached hydrogen (secondary N) is 1. The Morgan fingerprint density at radius 2 is 1.65 bits per heavy atom. The minimum atomic E-state index is -0.631. The number of amides is 1. The Morgan fingerprint density at radius 3 is 2.47 bits per heavy atom. The number of carbonyl (C=O) groups excluding carboxylic acids is 2. The van der Waals surface area contributed by atoms with Crippen LogP contribution in [0.5, 0.6) is 17.2 Å². The normalized spacial score (nSPS) is 12.0. The number of carbonyl (C=O) groups is 2. The summed E-state index contributed by atoms with van der Waals surface area (Å²) >= 11 is 5.90. The molecule has 3 aromatic rings. The Balaban J connectivity index is 1.23. The van der Waals surface area contributed by atoms with Crippen molar-refractivity contribution in [3.05, 3.63) is 88.4 Å². The number of para-hydroxylation sites is 1. The zero-order chi connectivity index (χ0) is 23.8. The summed E-state index contributed by atoms with van der Waals surface area (Å²) in [5.74, 6) is 0.796. The molecule has 1 aliphatic heterocycles. The van der Waals surface area contributed by atoms with Crippen LogP contribution in [-0.2, 0) is 22.6 Å². The van der Waals surface area contributed by atoms with Crippen molar-refractivity contribution in [2.45, 2.75) is 13.0 Å². The van der Waals surface area contributed by atoms with E-state index in [9.17, 15) is 9.59 Å². The summed E-state index contributed by atoms with van der Waals surface area (Å²) in [4.78, 5) is 24.7. The standard InChI is InChI=1S/C26H24ClNO6/c27-20-8-5-19(6-9-20)16-33-22-4-2-1-3-21(22)26(30)34-17-25(29)28-12-11-18-7-10-23-24(15-18)32-14-13-31-23/h1-10,15H,11-14,16-17H2,(H,28,29). The van der Waals surface area contributed by atoms with E-state index in [0.717, 1.165) is 16.9 Å². The number of rotatable bonds is 9. The highest BCUT2D eigenvalue weighted by Crippen LogP contribution is 2.30. The van der Waals surface area contributed by atoms with E-state index in [2.05, 4.69) is 5.32 Å². The fourth-order valence-electron chi connectivity index (χ4n) is 3.35. The zero-order valence-electron chi connectivity index (χ0n) is 18.4. The quantitative estimate of drug-likeness (QED) is 0.461. The van der Waals surface area contributed by atoms with Gasteiger partial charge in [0, 0.05) is 11.6 Å². The van der Waals surface area contributed by atoms with Crippen LogP contribution in [0.2, 0.25) is 5.02 Å². The fraction of sp³-hybridized carbons (Fsp3) is 0.231. The number of benzene rings is 3. The SMILES string of the molecule is O=C(COC(=O)c1ccccc1OCc1ccc(Cl)cc1)NCCc1ccc2c(c1)OCCO2. The molecule has 1 amide bonds. The van der Waals surface area contributed by atoms with E-state index in [-0.39, 0.29) is 24.7 Å². The third-order valence-corrected chi connectivity index (χ3v) is 5.34. The van der Waals surface area contributed by atoms with Gasteiger partial charge in [0.25, 0.3) is 5.91 Å². The highest BCUT2D eigenvalue weighted by Gasteiger charge is 2.16. The predicted molar refractivity (Wildman–Crippen MR) is 127 cm³/mol. The molecule has 1 heterocycles. The second-order valence-electron chi connectivity index (χ2n) is 7.57. The van der Waals surface area contributed by atoms with Gasteiger partial charge in [0.2, 0.25) is 0 Å². The first kappa shape index (κ1) is 23.4. The molecular weight excluding hydrogens is 458 g/mol. The third-order valence-electron chi connectivity index (χ3n) is 5.09. The van der Waals surface area contributed by atoms with Crippen LogP contribution in [-0.4, -0.2) is 38.2 Å². The molecule has 0 bridgehead atoms. The van der Waals surface area contributed by atoms with Gasteiger partial charge in [-0.1, -0.05) is 41.9 Å². The van der Waals surface area contributed by atoms with Crippen molar-refractivity contribution < 1.29 is 28.5 Å². The second kappa shape index (κ2) is 11.4. The van der Waals surface area contributed by atoms with Crippen LogP contribution in [0.3, 0.4) is 0 Å². The largest absolute Gasteiger partial charge is 0.488 e. The first-order chi connectivity index (χ1) is 16.6. The van der Waals surface area contributed by atoms with Crippen LogP contribution >= 0.6 is 11.6 Å². The van der Waals surface area contributed by atoms with E-state index < -0.39 is 5.97 Å². The summed E-state index contributed by atoms with van der Waals surface area (Å²) in [5, 5.41) is 3.39. The minimum Gasteiger partial charge on any atom is -0.488 e. The van der Waals surface area contributed by atoms with Gasteiger partial charge in [-0.25, -0.2) is 4.79 Å². The van der Waals surface area contributed by atoms with E-state index in [1.54, 1.807) is 36.4 Å². The molecular formula is C26H24ClNO6. The van der Waals surface area contributed by atoms with Gasteiger partial charge < -0.3 is 24.3 Å². The van der Waals surface area contributed by atoms with Gasteiger partial charge in [-0.15, -0.1) is 0 Å². The maximum absolute atomic E-state index is 12.5. The van der Waals surface area contributed by atoms with Gasteiger partial charge in [0.05, 0.1) is 0 Å². The van der Waals surface area contributed by atoms with Crippen LogP contribution in [0.4, 0.5) is 0 Å². The van der Waals surface area contributed by atoms with Crippen molar-refractivity contribution in [3.8, 4) is 17.2 Å². The number of hydrogen-bond donors (Lipinski definition) is 1. The molecule has 0 atom stereocenters. The predicted octanol–water partition coefficient (Wildman–Crippen LogP) is 4.21. The number of fused-ring (bicyclic) bond motifs is 1. The average Bonchev–Trinajstić information content (AvgIpc) is 2.87. The summed E-state index contributed by atoms with van der Waals surface area (Å²) < 4.78 is 22.0. The molecule has 0 spiro atoms. The van der Waals surface area contributed by atoms with Crippen molar-refractivity contribution in [2.24, 2.45) is 0 Å². The van der Waals surface area contributed by atoms with Crippen molar-refractivity contribution >= 4 is 23.5 Å². The Morgan fingerprint density at radius 1 is 0.912 bits per heavy atom. The number of esters is 1. The Hall–Kier alpha value is -3.71. The van der Waals surface area contributed by atoms with Crippen LogP contribution in [0, 0.1) is 0 Å². The summed E-state index contributed by atoms with van der Waals surface area (Å²) in [7, 11) is 0. The zero-order valence-corrected chi connectivity index (χ0v) is 19.2. The van der Waals surface area contributed by atoms with Crippen molar-refractivity contribution in [1.29, 1.82) is 0 Å². The van der Waals surface area contributed by atoms with E-state index in [1.165, 1.54) is 0 Å². The molecule has 7 nitrogen and oxygen atoms in total. The van der Waals surface area contributed by atoms with E-state index in [1.807, 2.05) is 30.3 Å². The summed E-state index contributed by atoms with van der Waals surface area (Å²) in [6, 6.07) is 19.7. The molecule has 34 heavy (non-hydrogen) atoms. The Kier molecular flexibility index (Phi) is 7.88. The molecule has 0 aliphatic carbocycles. The van der Waals surface area contributed by atoms with Crippen LogP contribution in [0.15, 0.2) is 66.7 Å². The summed E-state index contributed by atoms with van der Waals surface area (Å²) in [5.41, 5.74) is 2.17. The molecule has 1 aliphatic rings. The second-order valence-corrected chi connectivity index (χ2v) is 8.00. The van der Waals surface area contributed by atoms with Gasteiger partial charge in [0.1, 0.15) is 31.1 Å². The lowest BCUT2D eigenvalue weighted by Crippen LogP contribution is -2.30.